The lowest BCUT2D eigenvalue weighted by atomic mass is 9.98. The second kappa shape index (κ2) is 10.2. The maximum Gasteiger partial charge on any atom is 0.244 e. The highest BCUT2D eigenvalue weighted by Gasteiger charge is 2.16. The van der Waals surface area contributed by atoms with E-state index in [0.717, 1.165) is 30.1 Å². The molecule has 1 unspecified atom stereocenters. The molecular formula is C25H32N2O3. The first kappa shape index (κ1) is 21.8. The molecule has 0 spiro atoms. The van der Waals surface area contributed by atoms with E-state index >= 15 is 0 Å². The van der Waals surface area contributed by atoms with Gasteiger partial charge >= 0.3 is 0 Å². The van der Waals surface area contributed by atoms with Crippen molar-refractivity contribution in [1.29, 1.82) is 0 Å². The number of nitrogens with one attached hydrogen (secondary N) is 1. The van der Waals surface area contributed by atoms with Gasteiger partial charge < -0.3 is 19.7 Å². The lowest BCUT2D eigenvalue weighted by molar-refractivity contribution is -0.117. The summed E-state index contributed by atoms with van der Waals surface area (Å²) in [6, 6.07) is 14.0. The van der Waals surface area contributed by atoms with Gasteiger partial charge in [0.1, 0.15) is 0 Å². The molecule has 1 aliphatic heterocycles. The van der Waals surface area contributed by atoms with Gasteiger partial charge in [0.05, 0.1) is 20.3 Å². The number of carbonyl (C=O) groups is 1. The number of amides is 1. The van der Waals surface area contributed by atoms with E-state index < -0.39 is 0 Å². The van der Waals surface area contributed by atoms with Crippen molar-refractivity contribution in [1.82, 2.24) is 5.32 Å². The normalized spacial score (nSPS) is 15.8. The molecule has 2 aromatic carbocycles. The first-order valence-corrected chi connectivity index (χ1v) is 10.6. The van der Waals surface area contributed by atoms with E-state index in [0.29, 0.717) is 11.5 Å². The van der Waals surface area contributed by atoms with Crippen LogP contribution in [0.4, 0.5) is 5.69 Å². The minimum absolute atomic E-state index is 0.0667. The van der Waals surface area contributed by atoms with Crippen LogP contribution in [-0.4, -0.2) is 33.2 Å². The fourth-order valence-corrected chi connectivity index (χ4v) is 3.71. The van der Waals surface area contributed by atoms with E-state index in [9.17, 15) is 4.79 Å². The van der Waals surface area contributed by atoms with Gasteiger partial charge in [0, 0.05) is 24.9 Å². The van der Waals surface area contributed by atoms with Crippen LogP contribution in [0.2, 0.25) is 0 Å². The molecule has 1 heterocycles. The number of hydrogen-bond acceptors (Lipinski definition) is 4. The number of carbonyl (C=O) groups excluding carboxylic acids is 1. The molecular weight excluding hydrogens is 376 g/mol. The summed E-state index contributed by atoms with van der Waals surface area (Å²) in [6.45, 7) is 6.56. The van der Waals surface area contributed by atoms with Gasteiger partial charge in [0.15, 0.2) is 11.5 Å². The van der Waals surface area contributed by atoms with Crippen LogP contribution in [0.5, 0.6) is 11.5 Å². The van der Waals surface area contributed by atoms with Crippen molar-refractivity contribution >= 4 is 17.7 Å². The topological polar surface area (TPSA) is 50.8 Å². The summed E-state index contributed by atoms with van der Waals surface area (Å²) in [7, 11) is 3.19. The fraction of sp³-hybridized carbons (Fsp3) is 0.400. The maximum absolute atomic E-state index is 12.4. The SMILES string of the molecule is COc1ccc(/C=C/C(=O)NC(C)c2ccc(N3CCC(C)CC3)cc2)cc1OC. The van der Waals surface area contributed by atoms with Crippen LogP contribution < -0.4 is 19.7 Å². The number of anilines is 1. The summed E-state index contributed by atoms with van der Waals surface area (Å²) in [5, 5.41) is 3.03. The summed E-state index contributed by atoms with van der Waals surface area (Å²) >= 11 is 0. The van der Waals surface area contributed by atoms with Gasteiger partial charge in [-0.3, -0.25) is 4.79 Å². The van der Waals surface area contributed by atoms with Gasteiger partial charge in [0.25, 0.3) is 0 Å². The van der Waals surface area contributed by atoms with Crippen LogP contribution in [0.1, 0.15) is 43.9 Å². The molecule has 0 radical (unpaired) electrons. The van der Waals surface area contributed by atoms with E-state index in [2.05, 4.69) is 41.4 Å². The number of rotatable bonds is 7. The Balaban J connectivity index is 1.57. The molecule has 0 aliphatic carbocycles. The average molecular weight is 409 g/mol. The monoisotopic (exact) mass is 408 g/mol. The number of ether oxygens (including phenoxy) is 2. The second-order valence-corrected chi connectivity index (χ2v) is 7.94. The lowest BCUT2D eigenvalue weighted by Crippen LogP contribution is -2.32. The van der Waals surface area contributed by atoms with Gasteiger partial charge in [-0.25, -0.2) is 0 Å². The van der Waals surface area contributed by atoms with Crippen molar-refractivity contribution in [2.75, 3.05) is 32.2 Å². The van der Waals surface area contributed by atoms with Gasteiger partial charge in [-0.1, -0.05) is 25.1 Å². The Kier molecular flexibility index (Phi) is 7.39. The molecule has 1 atom stereocenters. The van der Waals surface area contributed by atoms with Crippen molar-refractivity contribution < 1.29 is 14.3 Å². The molecule has 1 aliphatic rings. The Morgan fingerprint density at radius 3 is 2.37 bits per heavy atom. The molecule has 0 saturated carbocycles. The van der Waals surface area contributed by atoms with E-state index in [1.165, 1.54) is 18.5 Å². The van der Waals surface area contributed by atoms with E-state index in [1.54, 1.807) is 26.4 Å². The Morgan fingerprint density at radius 2 is 1.73 bits per heavy atom. The summed E-state index contributed by atoms with van der Waals surface area (Å²) in [4.78, 5) is 14.8. The molecule has 160 valence electrons. The standard InChI is InChI=1S/C25H32N2O3/c1-18-13-15-27(16-14-18)22-9-7-21(8-10-22)19(2)26-25(28)12-6-20-5-11-23(29-3)24(17-20)30-4/h5-12,17-19H,13-16H2,1-4H3,(H,26,28)/b12-6+. The van der Waals surface area contributed by atoms with Crippen molar-refractivity contribution in [3.8, 4) is 11.5 Å². The summed E-state index contributed by atoms with van der Waals surface area (Å²) < 4.78 is 10.5. The predicted molar refractivity (Wildman–Crippen MR) is 122 cm³/mol. The third kappa shape index (κ3) is 5.56. The summed E-state index contributed by atoms with van der Waals surface area (Å²) in [6.07, 6.45) is 5.81. The lowest BCUT2D eigenvalue weighted by Gasteiger charge is -2.32. The van der Waals surface area contributed by atoms with Gasteiger partial charge in [-0.15, -0.1) is 0 Å². The predicted octanol–water partition coefficient (Wildman–Crippen LogP) is 4.83. The molecule has 30 heavy (non-hydrogen) atoms. The molecule has 3 rings (SSSR count). The zero-order valence-corrected chi connectivity index (χ0v) is 18.4. The fourth-order valence-electron chi connectivity index (χ4n) is 3.71. The van der Waals surface area contributed by atoms with E-state index in [4.69, 9.17) is 9.47 Å². The summed E-state index contributed by atoms with van der Waals surface area (Å²) in [5.74, 6) is 1.99. The third-order valence-electron chi connectivity index (χ3n) is 5.74. The molecule has 0 bridgehead atoms. The van der Waals surface area contributed by atoms with Crippen LogP contribution in [-0.2, 0) is 4.79 Å². The van der Waals surface area contributed by atoms with Crippen LogP contribution in [0.15, 0.2) is 48.5 Å². The number of piperidine rings is 1. The van der Waals surface area contributed by atoms with Crippen LogP contribution in [0.3, 0.4) is 0 Å². The van der Waals surface area contributed by atoms with Crippen LogP contribution in [0, 0.1) is 5.92 Å². The largest absolute Gasteiger partial charge is 0.493 e. The first-order valence-electron chi connectivity index (χ1n) is 10.6. The van der Waals surface area contributed by atoms with Crippen LogP contribution >= 0.6 is 0 Å². The highest BCUT2D eigenvalue weighted by molar-refractivity contribution is 5.92. The Bertz CT molecular complexity index is 868. The van der Waals surface area contributed by atoms with Crippen molar-refractivity contribution in [3.05, 3.63) is 59.7 Å². The van der Waals surface area contributed by atoms with Crippen LogP contribution in [0.25, 0.3) is 6.08 Å². The van der Waals surface area contributed by atoms with E-state index in [-0.39, 0.29) is 11.9 Å². The third-order valence-corrected chi connectivity index (χ3v) is 5.74. The summed E-state index contributed by atoms with van der Waals surface area (Å²) in [5.41, 5.74) is 3.23. The molecule has 0 aromatic heterocycles. The minimum atomic E-state index is -0.133. The highest BCUT2D eigenvalue weighted by Crippen LogP contribution is 2.28. The molecule has 1 N–H and O–H groups in total. The Labute approximate surface area is 179 Å². The van der Waals surface area contributed by atoms with Gasteiger partial charge in [-0.2, -0.15) is 0 Å². The van der Waals surface area contributed by atoms with Crippen molar-refractivity contribution in [3.63, 3.8) is 0 Å². The first-order chi connectivity index (χ1) is 14.5. The molecule has 1 amide bonds. The van der Waals surface area contributed by atoms with Gasteiger partial charge in [0.2, 0.25) is 5.91 Å². The maximum atomic E-state index is 12.4. The number of nitrogens with zero attached hydrogens (tertiary/aromatic N) is 1. The molecule has 2 aromatic rings. The Morgan fingerprint density at radius 1 is 1.07 bits per heavy atom. The number of methoxy groups -OCH3 is 2. The molecule has 1 saturated heterocycles. The molecule has 5 heteroatoms. The average Bonchev–Trinajstić information content (AvgIpc) is 2.78. The molecule has 5 nitrogen and oxygen atoms in total. The zero-order chi connectivity index (χ0) is 21.5. The quantitative estimate of drug-likeness (QED) is 0.667. The minimum Gasteiger partial charge on any atom is -0.493 e. The zero-order valence-electron chi connectivity index (χ0n) is 18.4. The van der Waals surface area contributed by atoms with Crippen molar-refractivity contribution in [2.24, 2.45) is 5.92 Å². The second-order valence-electron chi connectivity index (χ2n) is 7.94. The highest BCUT2D eigenvalue weighted by atomic mass is 16.5. The van der Waals surface area contributed by atoms with Gasteiger partial charge in [-0.05, 0) is 67.2 Å². The van der Waals surface area contributed by atoms with E-state index in [1.807, 2.05) is 25.1 Å². The van der Waals surface area contributed by atoms with Crippen molar-refractivity contribution in [2.45, 2.75) is 32.7 Å². The number of hydrogen-bond donors (Lipinski definition) is 1. The molecule has 1 fully saturated rings. The Hall–Kier alpha value is -2.95. The number of benzene rings is 2. The smallest absolute Gasteiger partial charge is 0.244 e.